The minimum atomic E-state index is 0.107. The molecule has 2 aromatic heterocycles. The van der Waals surface area contributed by atoms with Crippen LogP contribution in [0.1, 0.15) is 82.9 Å². The van der Waals surface area contributed by atoms with Gasteiger partial charge in [-0.05, 0) is 94.3 Å². The van der Waals surface area contributed by atoms with Crippen molar-refractivity contribution in [1.82, 2.24) is 14.8 Å². The van der Waals surface area contributed by atoms with E-state index < -0.39 is 0 Å². The molecule has 1 amide bonds. The zero-order chi connectivity index (χ0) is 26.3. The lowest BCUT2D eigenvalue weighted by atomic mass is 9.83. The third-order valence-electron chi connectivity index (χ3n) is 8.55. The SMILES string of the molecule is CC1=CC(C)=C(CN2CCc3sc([C@H](C)C4CCN(Cc5ccnc(C)c5)CC4)c(C)c3C2=O)C(=O)C1. The van der Waals surface area contributed by atoms with Crippen molar-refractivity contribution >= 4 is 23.0 Å². The molecule has 0 aromatic carbocycles. The summed E-state index contributed by atoms with van der Waals surface area (Å²) in [5, 5.41) is 0. The molecule has 5 nitrogen and oxygen atoms in total. The lowest BCUT2D eigenvalue weighted by Gasteiger charge is -2.35. The summed E-state index contributed by atoms with van der Waals surface area (Å²) in [6.07, 6.45) is 7.74. The number of aromatic nitrogens is 1. The Hall–Kier alpha value is -2.57. The van der Waals surface area contributed by atoms with Gasteiger partial charge in [-0.25, -0.2) is 0 Å². The summed E-state index contributed by atoms with van der Waals surface area (Å²) in [6, 6.07) is 4.32. The zero-order valence-electron chi connectivity index (χ0n) is 22.9. The molecule has 0 saturated carbocycles. The fourth-order valence-corrected chi connectivity index (χ4v) is 7.84. The first-order chi connectivity index (χ1) is 17.7. The molecule has 5 rings (SSSR count). The Bertz CT molecular complexity index is 1280. The van der Waals surface area contributed by atoms with E-state index in [9.17, 15) is 9.59 Å². The molecule has 0 spiro atoms. The van der Waals surface area contributed by atoms with Gasteiger partial charge in [-0.15, -0.1) is 11.3 Å². The smallest absolute Gasteiger partial charge is 0.255 e. The maximum absolute atomic E-state index is 13.6. The second-order valence-electron chi connectivity index (χ2n) is 11.3. The molecule has 1 aliphatic carbocycles. The van der Waals surface area contributed by atoms with E-state index in [-0.39, 0.29) is 11.7 Å². The summed E-state index contributed by atoms with van der Waals surface area (Å²) in [6.45, 7) is 14.9. The molecule has 0 N–H and O–H groups in total. The highest BCUT2D eigenvalue weighted by Gasteiger charge is 2.34. The summed E-state index contributed by atoms with van der Waals surface area (Å²) in [7, 11) is 0. The van der Waals surface area contributed by atoms with Crippen LogP contribution in [0.15, 0.2) is 41.1 Å². The average molecular weight is 518 g/mol. The van der Waals surface area contributed by atoms with Gasteiger partial charge in [0.25, 0.3) is 5.91 Å². The van der Waals surface area contributed by atoms with Crippen molar-refractivity contribution in [2.45, 2.75) is 72.8 Å². The Balaban J connectivity index is 1.25. The van der Waals surface area contributed by atoms with Crippen molar-refractivity contribution in [3.63, 3.8) is 0 Å². The summed E-state index contributed by atoms with van der Waals surface area (Å²) >= 11 is 1.87. The quantitative estimate of drug-likeness (QED) is 0.471. The highest BCUT2D eigenvalue weighted by atomic mass is 32.1. The zero-order valence-corrected chi connectivity index (χ0v) is 23.7. The van der Waals surface area contributed by atoms with E-state index in [0.717, 1.165) is 54.0 Å². The number of likely N-dealkylation sites (tertiary alicyclic amines) is 1. The van der Waals surface area contributed by atoms with Crippen molar-refractivity contribution < 1.29 is 9.59 Å². The number of piperidine rings is 1. The van der Waals surface area contributed by atoms with Crippen molar-refractivity contribution in [2.75, 3.05) is 26.2 Å². The summed E-state index contributed by atoms with van der Waals surface area (Å²) < 4.78 is 0. The van der Waals surface area contributed by atoms with Crippen LogP contribution in [-0.4, -0.2) is 52.7 Å². The second kappa shape index (κ2) is 10.7. The Morgan fingerprint density at radius 3 is 2.54 bits per heavy atom. The third-order valence-corrected chi connectivity index (χ3v) is 10.1. The lowest BCUT2D eigenvalue weighted by molar-refractivity contribution is -0.115. The van der Waals surface area contributed by atoms with Gasteiger partial charge in [0.15, 0.2) is 5.78 Å². The number of hydrogen-bond acceptors (Lipinski definition) is 5. The molecule has 37 heavy (non-hydrogen) atoms. The predicted molar refractivity (Wildman–Crippen MR) is 150 cm³/mol. The number of amides is 1. The molecule has 6 heteroatoms. The first-order valence-electron chi connectivity index (χ1n) is 13.7. The van der Waals surface area contributed by atoms with Crippen LogP contribution in [0.5, 0.6) is 0 Å². The van der Waals surface area contributed by atoms with Crippen molar-refractivity contribution in [3.8, 4) is 0 Å². The fraction of sp³-hybridized carbons (Fsp3) is 0.516. The van der Waals surface area contributed by atoms with Crippen LogP contribution < -0.4 is 0 Å². The molecule has 196 valence electrons. The van der Waals surface area contributed by atoms with E-state index in [1.54, 1.807) is 0 Å². The summed E-state index contributed by atoms with van der Waals surface area (Å²) in [4.78, 5) is 37.7. The Labute approximate surface area is 225 Å². The number of Topliss-reactive ketones (excluding diaryl/α,β-unsaturated/α-hetero) is 1. The van der Waals surface area contributed by atoms with Crippen LogP contribution in [0.2, 0.25) is 0 Å². The molecule has 1 saturated heterocycles. The van der Waals surface area contributed by atoms with Gasteiger partial charge >= 0.3 is 0 Å². The molecule has 2 aliphatic heterocycles. The number of allylic oxidation sites excluding steroid dienone is 3. The van der Waals surface area contributed by atoms with Crippen molar-refractivity contribution in [3.05, 3.63) is 73.3 Å². The highest BCUT2D eigenvalue weighted by molar-refractivity contribution is 7.12. The standard InChI is InChI=1S/C31H39N3O2S/c1-19-14-20(2)26(27(35)15-19)18-34-13-9-28-29(31(34)36)23(5)30(37-28)22(4)25-7-11-33(12-8-25)17-24-6-10-32-21(3)16-24/h6,10,14,16,22,25H,7-9,11-13,15,17-18H2,1-5H3/t22-/m1/s1. The van der Waals surface area contributed by atoms with E-state index >= 15 is 0 Å². The normalized spacial score (nSPS) is 20.4. The minimum Gasteiger partial charge on any atom is -0.334 e. The molecule has 0 unspecified atom stereocenters. The largest absolute Gasteiger partial charge is 0.334 e. The van der Waals surface area contributed by atoms with E-state index in [2.05, 4.69) is 48.9 Å². The van der Waals surface area contributed by atoms with Gasteiger partial charge in [0, 0.05) is 59.7 Å². The summed E-state index contributed by atoms with van der Waals surface area (Å²) in [5.74, 6) is 1.37. The number of fused-ring (bicyclic) bond motifs is 1. The Kier molecular flexibility index (Phi) is 7.51. The van der Waals surface area contributed by atoms with Crippen LogP contribution in [0.3, 0.4) is 0 Å². The second-order valence-corrected chi connectivity index (χ2v) is 12.5. The number of hydrogen-bond donors (Lipinski definition) is 0. The van der Waals surface area contributed by atoms with Crippen LogP contribution >= 0.6 is 11.3 Å². The molecule has 2 aromatic rings. The van der Waals surface area contributed by atoms with E-state index in [1.807, 2.05) is 36.3 Å². The average Bonchev–Trinajstić information content (AvgIpc) is 3.19. The maximum atomic E-state index is 13.6. The van der Waals surface area contributed by atoms with Crippen LogP contribution in [0, 0.1) is 19.8 Å². The number of thiophene rings is 1. The van der Waals surface area contributed by atoms with Crippen LogP contribution in [-0.2, 0) is 17.8 Å². The number of aryl methyl sites for hydroxylation is 1. The van der Waals surface area contributed by atoms with Crippen molar-refractivity contribution in [2.24, 2.45) is 5.92 Å². The monoisotopic (exact) mass is 517 g/mol. The van der Waals surface area contributed by atoms with Gasteiger partial charge in [-0.1, -0.05) is 18.6 Å². The topological polar surface area (TPSA) is 53.5 Å². The van der Waals surface area contributed by atoms with E-state index in [0.29, 0.717) is 31.3 Å². The van der Waals surface area contributed by atoms with Crippen LogP contribution in [0.25, 0.3) is 0 Å². The number of carbonyl (C=O) groups is 2. The van der Waals surface area contributed by atoms with Gasteiger partial charge < -0.3 is 4.90 Å². The van der Waals surface area contributed by atoms with Gasteiger partial charge in [-0.2, -0.15) is 0 Å². The first-order valence-corrected chi connectivity index (χ1v) is 14.5. The first kappa shape index (κ1) is 26.1. The fourth-order valence-electron chi connectivity index (χ4n) is 6.41. The number of rotatable bonds is 6. The molecule has 1 fully saturated rings. The maximum Gasteiger partial charge on any atom is 0.255 e. The Morgan fingerprint density at radius 2 is 1.84 bits per heavy atom. The molecule has 4 heterocycles. The van der Waals surface area contributed by atoms with Gasteiger partial charge in [-0.3, -0.25) is 19.5 Å². The molecular formula is C31H39N3O2S. The predicted octanol–water partition coefficient (Wildman–Crippen LogP) is 6.01. The molecule has 3 aliphatic rings. The van der Waals surface area contributed by atoms with Gasteiger partial charge in [0.05, 0.1) is 5.56 Å². The molecule has 0 bridgehead atoms. The molecule has 0 radical (unpaired) electrons. The van der Waals surface area contributed by atoms with Crippen molar-refractivity contribution in [1.29, 1.82) is 0 Å². The number of carbonyl (C=O) groups excluding carboxylic acids is 2. The van der Waals surface area contributed by atoms with Crippen LogP contribution in [0.4, 0.5) is 0 Å². The van der Waals surface area contributed by atoms with Gasteiger partial charge in [0.2, 0.25) is 0 Å². The Morgan fingerprint density at radius 1 is 1.08 bits per heavy atom. The summed E-state index contributed by atoms with van der Waals surface area (Å²) in [5.41, 5.74) is 7.42. The molecule has 1 atom stereocenters. The highest BCUT2D eigenvalue weighted by Crippen LogP contribution is 2.42. The lowest BCUT2D eigenvalue weighted by Crippen LogP contribution is -2.40. The van der Waals surface area contributed by atoms with Gasteiger partial charge in [0.1, 0.15) is 0 Å². The van der Waals surface area contributed by atoms with E-state index in [1.165, 1.54) is 33.7 Å². The molecular weight excluding hydrogens is 478 g/mol. The minimum absolute atomic E-state index is 0.107. The number of pyridine rings is 1. The number of ketones is 1. The third kappa shape index (κ3) is 5.37. The van der Waals surface area contributed by atoms with E-state index in [4.69, 9.17) is 0 Å². The number of nitrogens with zero attached hydrogens (tertiary/aromatic N) is 3.